The molecule has 1 aliphatic carbocycles. The van der Waals surface area contributed by atoms with Crippen molar-refractivity contribution in [2.24, 2.45) is 38.7 Å². The Kier molecular flexibility index (Phi) is 13.8. The minimum absolute atomic E-state index is 0.0445. The van der Waals surface area contributed by atoms with Crippen LogP contribution in [0, 0.1) is 0 Å². The first-order chi connectivity index (χ1) is 21.1. The molecule has 1 saturated carbocycles. The van der Waals surface area contributed by atoms with Crippen LogP contribution in [-0.4, -0.2) is 172 Å². The Labute approximate surface area is 261 Å². The van der Waals surface area contributed by atoms with E-state index in [0.29, 0.717) is 12.8 Å². The highest BCUT2D eigenvalue weighted by molar-refractivity contribution is 5.85. The molecular weight excluding hydrogens is 600 g/mol. The van der Waals surface area contributed by atoms with Crippen molar-refractivity contribution in [2.75, 3.05) is 33.4 Å². The zero-order valence-electron chi connectivity index (χ0n) is 25.6. The van der Waals surface area contributed by atoms with Crippen LogP contribution >= 0.6 is 0 Å². The lowest BCUT2D eigenvalue weighted by Crippen LogP contribution is -2.67. The lowest BCUT2D eigenvalue weighted by Gasteiger charge is -2.48. The number of nitrogens with one attached hydrogen (secondary N) is 1. The summed E-state index contributed by atoms with van der Waals surface area (Å²) in [6.45, 7) is 0.711. The van der Waals surface area contributed by atoms with E-state index in [-0.39, 0.29) is 38.1 Å². The number of likely N-dealkylation sites (N-methyl/N-ethyl adjacent to an activating group) is 1. The molecule has 3 aliphatic rings. The Morgan fingerprint density at radius 3 is 2.33 bits per heavy atom. The van der Waals surface area contributed by atoms with Gasteiger partial charge in [-0.25, -0.2) is 0 Å². The quantitative estimate of drug-likeness (QED) is 0.0649. The molecule has 19 heteroatoms. The maximum atomic E-state index is 11.6. The van der Waals surface area contributed by atoms with E-state index >= 15 is 0 Å². The van der Waals surface area contributed by atoms with Gasteiger partial charge in [-0.2, -0.15) is 0 Å². The summed E-state index contributed by atoms with van der Waals surface area (Å²) in [6, 6.07) is -3.44. The van der Waals surface area contributed by atoms with Crippen molar-refractivity contribution in [3.05, 3.63) is 0 Å². The van der Waals surface area contributed by atoms with Crippen molar-refractivity contribution in [1.29, 1.82) is 0 Å². The summed E-state index contributed by atoms with van der Waals surface area (Å²) in [5.74, 6) is -0.273. The second kappa shape index (κ2) is 16.4. The van der Waals surface area contributed by atoms with Gasteiger partial charge in [-0.05, 0) is 33.2 Å². The number of aliphatic hydroxyl groups is 7. The highest BCUT2D eigenvalue weighted by atomic mass is 16.7. The highest BCUT2D eigenvalue weighted by Crippen LogP contribution is 2.33. The van der Waals surface area contributed by atoms with Crippen molar-refractivity contribution in [3.8, 4) is 0 Å². The molecular formula is C26H52N8O11. The van der Waals surface area contributed by atoms with E-state index in [1.54, 1.807) is 7.05 Å². The molecule has 3 rings (SSSR count). The molecule has 3 fully saturated rings. The van der Waals surface area contributed by atoms with Crippen LogP contribution in [0.15, 0.2) is 9.98 Å². The topological polar surface area (TPSA) is 345 Å². The normalized spacial score (nSPS) is 42.3. The molecule has 45 heavy (non-hydrogen) atoms. The third-order valence-corrected chi connectivity index (χ3v) is 8.44. The number of hydrogen-bond acceptors (Lipinski definition) is 17. The zero-order valence-corrected chi connectivity index (χ0v) is 25.6. The number of aliphatic hydroxyl groups excluding tert-OH is 6. The Balaban J connectivity index is 1.87. The molecule has 0 bridgehead atoms. The smallest absolute Gasteiger partial charge is 0.185 e. The lowest BCUT2D eigenvalue weighted by atomic mass is 9.83. The summed E-state index contributed by atoms with van der Waals surface area (Å²) in [4.78, 5) is 8.44. The highest BCUT2D eigenvalue weighted by Gasteiger charge is 2.51. The largest absolute Gasteiger partial charge is 0.394 e. The summed E-state index contributed by atoms with van der Waals surface area (Å²) < 4.78 is 23.9. The van der Waals surface area contributed by atoms with Gasteiger partial charge in [-0.3, -0.25) is 9.98 Å². The first-order valence-corrected chi connectivity index (χ1v) is 15.0. The van der Waals surface area contributed by atoms with Gasteiger partial charge in [0.25, 0.3) is 0 Å². The van der Waals surface area contributed by atoms with Gasteiger partial charge in [-0.1, -0.05) is 0 Å². The number of amidine groups is 2. The van der Waals surface area contributed by atoms with E-state index in [1.165, 1.54) is 6.92 Å². The molecule has 0 spiro atoms. The summed E-state index contributed by atoms with van der Waals surface area (Å²) in [5.41, 5.74) is 28.5. The zero-order chi connectivity index (χ0) is 33.6. The maximum absolute atomic E-state index is 11.6. The van der Waals surface area contributed by atoms with E-state index in [0.717, 1.165) is 0 Å². The molecule has 0 aromatic rings. The molecule has 15 atom stereocenters. The van der Waals surface area contributed by atoms with Gasteiger partial charge >= 0.3 is 0 Å². The molecule has 0 radical (unpaired) electrons. The van der Waals surface area contributed by atoms with Crippen LogP contribution in [0.2, 0.25) is 0 Å². The van der Waals surface area contributed by atoms with Crippen LogP contribution in [0.25, 0.3) is 0 Å². The third kappa shape index (κ3) is 9.24. The van der Waals surface area contributed by atoms with E-state index in [1.807, 2.05) is 0 Å². The number of nitrogens with zero attached hydrogens (tertiary/aromatic N) is 2. The Bertz CT molecular complexity index is 997. The van der Waals surface area contributed by atoms with Gasteiger partial charge < -0.3 is 88.7 Å². The number of hydrogen-bond donors (Lipinski definition) is 13. The van der Waals surface area contributed by atoms with Crippen molar-refractivity contribution < 1.29 is 54.7 Å². The molecule has 19 nitrogen and oxygen atoms in total. The standard InChI is InChI=1S/C26H52N8O11/c1-26(41)9-42-25(19(40)22(26)32-2)45-21-13(34-23(31)17(38)16(37)14(36)8-35)5-12(29)20(18(21)39)44-24-11(28)4-3-10(43-24)7-33-15(30)6-27/h10-14,16-22,24-25,32,35-41H,3-9,27-29H2,1-2H3,(H2,30,33)(H2,31,34). The van der Waals surface area contributed by atoms with Crippen molar-refractivity contribution in [1.82, 2.24) is 5.32 Å². The number of rotatable bonds is 13. The average molecular weight is 653 g/mol. The fourth-order valence-electron chi connectivity index (χ4n) is 5.75. The Morgan fingerprint density at radius 1 is 1.04 bits per heavy atom. The number of ether oxygens (including phenoxy) is 4. The second-order valence-electron chi connectivity index (χ2n) is 12.1. The summed E-state index contributed by atoms with van der Waals surface area (Å²) in [7, 11) is 1.54. The average Bonchev–Trinajstić information content (AvgIpc) is 3.00. The molecule has 0 aromatic heterocycles. The first kappa shape index (κ1) is 37.8. The molecule has 2 aliphatic heterocycles. The maximum Gasteiger partial charge on any atom is 0.185 e. The van der Waals surface area contributed by atoms with Crippen LogP contribution in [0.1, 0.15) is 26.2 Å². The fourth-order valence-corrected chi connectivity index (χ4v) is 5.75. The van der Waals surface area contributed by atoms with E-state index in [4.69, 9.17) is 52.7 Å². The minimum Gasteiger partial charge on any atom is -0.394 e. The number of nitrogens with two attached hydrogens (primary N) is 5. The van der Waals surface area contributed by atoms with Gasteiger partial charge in [-0.15, -0.1) is 0 Å². The summed E-state index contributed by atoms with van der Waals surface area (Å²) in [6.07, 6.45) is -12.6. The molecule has 262 valence electrons. The van der Waals surface area contributed by atoms with E-state index < -0.39 is 97.5 Å². The van der Waals surface area contributed by atoms with Crippen LogP contribution in [0.3, 0.4) is 0 Å². The third-order valence-electron chi connectivity index (χ3n) is 8.44. The van der Waals surface area contributed by atoms with Gasteiger partial charge in [0, 0.05) is 6.04 Å². The fraction of sp³-hybridized carbons (Fsp3) is 0.923. The molecule has 0 aromatic carbocycles. The lowest BCUT2D eigenvalue weighted by molar-refractivity contribution is -0.306. The van der Waals surface area contributed by atoms with Crippen molar-refractivity contribution in [2.45, 2.75) is 117 Å². The second-order valence-corrected chi connectivity index (χ2v) is 12.1. The van der Waals surface area contributed by atoms with Gasteiger partial charge in [0.05, 0.1) is 50.5 Å². The van der Waals surface area contributed by atoms with Gasteiger partial charge in [0.2, 0.25) is 0 Å². The predicted octanol–water partition coefficient (Wildman–Crippen LogP) is -7.15. The van der Waals surface area contributed by atoms with Crippen LogP contribution < -0.4 is 34.0 Å². The Hall–Kier alpha value is -1.66. The summed E-state index contributed by atoms with van der Waals surface area (Å²) >= 11 is 0. The van der Waals surface area contributed by atoms with E-state index in [9.17, 15) is 30.6 Å². The van der Waals surface area contributed by atoms with Gasteiger partial charge in [0.1, 0.15) is 60.0 Å². The monoisotopic (exact) mass is 652 g/mol. The predicted molar refractivity (Wildman–Crippen MR) is 159 cm³/mol. The first-order valence-electron chi connectivity index (χ1n) is 15.0. The molecule has 15 unspecified atom stereocenters. The van der Waals surface area contributed by atoms with Crippen molar-refractivity contribution in [3.63, 3.8) is 0 Å². The molecule has 2 saturated heterocycles. The molecule has 2 heterocycles. The molecule has 18 N–H and O–H groups in total. The number of aliphatic imine (C=N–C) groups is 2. The SMILES string of the molecule is CNC1C(O)C(OC2C(N=C(N)C(O)C(O)C(O)CO)CC(N)C(OC3OC(CN=C(N)CN)CCC3N)C2O)OCC1(C)O. The van der Waals surface area contributed by atoms with Crippen molar-refractivity contribution >= 4 is 11.7 Å². The van der Waals surface area contributed by atoms with Crippen LogP contribution in [0.5, 0.6) is 0 Å². The van der Waals surface area contributed by atoms with Gasteiger partial charge in [0.15, 0.2) is 12.6 Å². The minimum atomic E-state index is -1.89. The molecule has 0 amide bonds. The van der Waals surface area contributed by atoms with E-state index in [2.05, 4.69) is 15.3 Å². The van der Waals surface area contributed by atoms with Crippen LogP contribution in [-0.2, 0) is 18.9 Å². The Morgan fingerprint density at radius 2 is 1.71 bits per heavy atom. The van der Waals surface area contributed by atoms with Crippen LogP contribution in [0.4, 0.5) is 0 Å². The summed E-state index contributed by atoms with van der Waals surface area (Å²) in [5, 5.41) is 75.6.